The summed E-state index contributed by atoms with van der Waals surface area (Å²) >= 11 is 5.57. The Bertz CT molecular complexity index is 683. The lowest BCUT2D eigenvalue weighted by molar-refractivity contribution is -0.137. The minimum absolute atomic E-state index is 0.142. The van der Waals surface area contributed by atoms with Gasteiger partial charge in [0.15, 0.2) is 17.9 Å². The van der Waals surface area contributed by atoms with Crippen LogP contribution in [-0.4, -0.2) is 6.29 Å². The molecule has 2 nitrogen and oxygen atoms in total. The van der Waals surface area contributed by atoms with Crippen LogP contribution in [0.15, 0.2) is 36.4 Å². The summed E-state index contributed by atoms with van der Waals surface area (Å²) in [6.45, 7) is 0. The SMILES string of the molecule is O=Cc1cc(C(F)(F)F)ccc1Oc1ccc(Cl)cc1F. The first-order valence-corrected chi connectivity index (χ1v) is 5.98. The number of ether oxygens (including phenoxy) is 1. The number of hydrogen-bond acceptors (Lipinski definition) is 2. The van der Waals surface area contributed by atoms with Gasteiger partial charge in [-0.25, -0.2) is 4.39 Å². The van der Waals surface area contributed by atoms with E-state index in [1.54, 1.807) is 0 Å². The van der Waals surface area contributed by atoms with Crippen molar-refractivity contribution in [2.45, 2.75) is 6.18 Å². The van der Waals surface area contributed by atoms with Gasteiger partial charge in [0.2, 0.25) is 0 Å². The number of hydrogen-bond donors (Lipinski definition) is 0. The van der Waals surface area contributed by atoms with Crippen LogP contribution in [0, 0.1) is 5.82 Å². The molecule has 110 valence electrons. The molecule has 0 aliphatic heterocycles. The van der Waals surface area contributed by atoms with Crippen LogP contribution in [0.4, 0.5) is 17.6 Å². The van der Waals surface area contributed by atoms with Gasteiger partial charge in [-0.2, -0.15) is 13.2 Å². The molecule has 0 unspecified atom stereocenters. The molecule has 0 heterocycles. The van der Waals surface area contributed by atoms with E-state index < -0.39 is 17.6 Å². The smallest absolute Gasteiger partial charge is 0.416 e. The first kappa shape index (κ1) is 15.3. The number of halogens is 5. The van der Waals surface area contributed by atoms with Crippen LogP contribution in [0.3, 0.4) is 0 Å². The highest BCUT2D eigenvalue weighted by Crippen LogP contribution is 2.34. The van der Waals surface area contributed by atoms with E-state index in [1.807, 2.05) is 0 Å². The molecular formula is C14H7ClF4O2. The van der Waals surface area contributed by atoms with Crippen LogP contribution >= 0.6 is 11.6 Å². The summed E-state index contributed by atoms with van der Waals surface area (Å²) in [5.74, 6) is -1.22. The van der Waals surface area contributed by atoms with Crippen molar-refractivity contribution < 1.29 is 27.1 Å². The zero-order valence-corrected chi connectivity index (χ0v) is 11.0. The maximum Gasteiger partial charge on any atom is 0.416 e. The van der Waals surface area contributed by atoms with Gasteiger partial charge in [0, 0.05) is 5.02 Å². The monoisotopic (exact) mass is 318 g/mol. The van der Waals surface area contributed by atoms with Crippen LogP contribution in [0.1, 0.15) is 15.9 Å². The summed E-state index contributed by atoms with van der Waals surface area (Å²) in [7, 11) is 0. The molecule has 21 heavy (non-hydrogen) atoms. The Balaban J connectivity index is 2.38. The normalized spacial score (nSPS) is 11.3. The molecule has 2 aromatic rings. The van der Waals surface area contributed by atoms with Crippen molar-refractivity contribution in [3.8, 4) is 11.5 Å². The first-order valence-electron chi connectivity index (χ1n) is 5.60. The number of benzene rings is 2. The van der Waals surface area contributed by atoms with Crippen molar-refractivity contribution in [2.75, 3.05) is 0 Å². The summed E-state index contributed by atoms with van der Waals surface area (Å²) in [5, 5.41) is 0.142. The third-order valence-electron chi connectivity index (χ3n) is 2.58. The van der Waals surface area contributed by atoms with Crippen molar-refractivity contribution in [3.05, 3.63) is 58.4 Å². The van der Waals surface area contributed by atoms with Crippen LogP contribution in [0.25, 0.3) is 0 Å². The molecule has 0 fully saturated rings. The standard InChI is InChI=1S/C14H7ClF4O2/c15-10-2-4-13(11(16)6-10)21-12-3-1-9(14(17,18)19)5-8(12)7-20/h1-7H. The molecule has 0 radical (unpaired) electrons. The maximum absolute atomic E-state index is 13.6. The average Bonchev–Trinajstić information content (AvgIpc) is 2.41. The Labute approximate surface area is 121 Å². The summed E-state index contributed by atoms with van der Waals surface area (Å²) in [4.78, 5) is 10.9. The molecule has 7 heteroatoms. The zero-order chi connectivity index (χ0) is 15.6. The largest absolute Gasteiger partial charge is 0.454 e. The van der Waals surface area contributed by atoms with E-state index in [0.717, 1.165) is 18.2 Å². The number of carbonyl (C=O) groups excluding carboxylic acids is 1. The second-order valence-corrected chi connectivity index (χ2v) is 4.48. The van der Waals surface area contributed by atoms with Gasteiger partial charge in [0.25, 0.3) is 0 Å². The molecule has 0 saturated heterocycles. The molecular weight excluding hydrogens is 312 g/mol. The Kier molecular flexibility index (Phi) is 4.18. The van der Waals surface area contributed by atoms with Crippen LogP contribution in [0.5, 0.6) is 11.5 Å². The molecule has 0 aliphatic rings. The molecule has 2 rings (SSSR count). The van der Waals surface area contributed by atoms with Crippen LogP contribution < -0.4 is 4.74 Å². The van der Waals surface area contributed by atoms with Gasteiger partial charge < -0.3 is 4.74 Å². The molecule has 0 atom stereocenters. The molecule has 0 bridgehead atoms. The van der Waals surface area contributed by atoms with E-state index in [0.29, 0.717) is 6.07 Å². The third kappa shape index (κ3) is 3.52. The van der Waals surface area contributed by atoms with E-state index in [2.05, 4.69) is 0 Å². The zero-order valence-electron chi connectivity index (χ0n) is 10.2. The van der Waals surface area contributed by atoms with Crippen molar-refractivity contribution in [2.24, 2.45) is 0 Å². The molecule has 0 amide bonds. The van der Waals surface area contributed by atoms with E-state index in [9.17, 15) is 22.4 Å². The van der Waals surface area contributed by atoms with Crippen LogP contribution in [0.2, 0.25) is 5.02 Å². The van der Waals surface area contributed by atoms with Crippen molar-refractivity contribution in [1.29, 1.82) is 0 Å². The predicted octanol–water partition coefficient (Wildman–Crippen LogP) is 5.10. The Hall–Kier alpha value is -2.08. The second-order valence-electron chi connectivity index (χ2n) is 4.05. The van der Waals surface area contributed by atoms with Crippen molar-refractivity contribution in [3.63, 3.8) is 0 Å². The second kappa shape index (κ2) is 5.73. The van der Waals surface area contributed by atoms with Gasteiger partial charge in [0.1, 0.15) is 5.75 Å². The highest BCUT2D eigenvalue weighted by molar-refractivity contribution is 6.30. The topological polar surface area (TPSA) is 26.3 Å². The molecule has 0 aromatic heterocycles. The quantitative estimate of drug-likeness (QED) is 0.581. The fraction of sp³-hybridized carbons (Fsp3) is 0.0714. The van der Waals surface area contributed by atoms with Crippen molar-refractivity contribution >= 4 is 17.9 Å². The summed E-state index contributed by atoms with van der Waals surface area (Å²) in [6.07, 6.45) is -4.37. The van der Waals surface area contributed by atoms with Gasteiger partial charge in [0.05, 0.1) is 11.1 Å². The summed E-state index contributed by atoms with van der Waals surface area (Å²) < 4.78 is 56.3. The highest BCUT2D eigenvalue weighted by atomic mass is 35.5. The Morgan fingerprint density at radius 2 is 1.71 bits per heavy atom. The maximum atomic E-state index is 13.6. The van der Waals surface area contributed by atoms with Gasteiger partial charge in [-0.1, -0.05) is 11.6 Å². The molecule has 0 aliphatic carbocycles. The third-order valence-corrected chi connectivity index (χ3v) is 2.81. The van der Waals surface area contributed by atoms with E-state index in [-0.39, 0.29) is 28.4 Å². The summed E-state index contributed by atoms with van der Waals surface area (Å²) in [6, 6.07) is 5.89. The minimum Gasteiger partial charge on any atom is -0.454 e. The van der Waals surface area contributed by atoms with E-state index in [1.165, 1.54) is 12.1 Å². The molecule has 2 aromatic carbocycles. The Morgan fingerprint density at radius 1 is 1.05 bits per heavy atom. The fourth-order valence-electron chi connectivity index (χ4n) is 1.59. The highest BCUT2D eigenvalue weighted by Gasteiger charge is 2.31. The number of aldehydes is 1. The Morgan fingerprint density at radius 3 is 2.29 bits per heavy atom. The summed E-state index contributed by atoms with van der Waals surface area (Å²) in [5.41, 5.74) is -1.33. The molecule has 0 spiro atoms. The fourth-order valence-corrected chi connectivity index (χ4v) is 1.75. The lowest BCUT2D eigenvalue weighted by Crippen LogP contribution is -2.06. The predicted molar refractivity (Wildman–Crippen MR) is 68.3 cm³/mol. The number of alkyl halides is 3. The number of carbonyl (C=O) groups is 1. The van der Waals surface area contributed by atoms with Gasteiger partial charge in [-0.15, -0.1) is 0 Å². The van der Waals surface area contributed by atoms with Gasteiger partial charge in [-0.3, -0.25) is 4.79 Å². The first-order chi connectivity index (χ1) is 9.81. The lowest BCUT2D eigenvalue weighted by Gasteiger charge is -2.12. The molecule has 0 saturated carbocycles. The van der Waals surface area contributed by atoms with Gasteiger partial charge in [-0.05, 0) is 36.4 Å². The van der Waals surface area contributed by atoms with Crippen LogP contribution in [-0.2, 0) is 6.18 Å². The minimum atomic E-state index is -4.58. The average molecular weight is 319 g/mol. The van der Waals surface area contributed by atoms with Gasteiger partial charge >= 0.3 is 6.18 Å². The number of rotatable bonds is 3. The molecule has 0 N–H and O–H groups in total. The lowest BCUT2D eigenvalue weighted by atomic mass is 10.1. The van der Waals surface area contributed by atoms with Crippen molar-refractivity contribution in [1.82, 2.24) is 0 Å². The van der Waals surface area contributed by atoms with E-state index in [4.69, 9.17) is 16.3 Å². The van der Waals surface area contributed by atoms with E-state index >= 15 is 0 Å².